The summed E-state index contributed by atoms with van der Waals surface area (Å²) in [6, 6.07) is 5.27. The van der Waals surface area contributed by atoms with Crippen LogP contribution in [0.1, 0.15) is 5.56 Å². The second kappa shape index (κ2) is 6.73. The van der Waals surface area contributed by atoms with Gasteiger partial charge in [0, 0.05) is 42.8 Å². The molecule has 0 amide bonds. The van der Waals surface area contributed by atoms with Gasteiger partial charge in [-0.15, -0.1) is 0 Å². The van der Waals surface area contributed by atoms with Crippen LogP contribution < -0.4 is 5.32 Å². The molecule has 0 fully saturated rings. The van der Waals surface area contributed by atoms with Crippen molar-refractivity contribution in [2.75, 3.05) is 26.4 Å². The largest absolute Gasteiger partial charge is 0.312 e. The van der Waals surface area contributed by atoms with Crippen LogP contribution in [-0.2, 0) is 16.6 Å². The summed E-state index contributed by atoms with van der Waals surface area (Å²) in [4.78, 5) is 0. The molecule has 0 aliphatic carbocycles. The second-order valence-electron chi connectivity index (χ2n) is 3.98. The Morgan fingerprint density at radius 3 is 2.28 bits per heavy atom. The molecule has 0 saturated carbocycles. The van der Waals surface area contributed by atoms with Crippen molar-refractivity contribution in [1.82, 2.24) is 9.62 Å². The van der Waals surface area contributed by atoms with Crippen molar-refractivity contribution in [2.24, 2.45) is 0 Å². The Bertz CT molecular complexity index is 484. The molecule has 1 aromatic carbocycles. The van der Waals surface area contributed by atoms with E-state index in [1.807, 2.05) is 0 Å². The number of halogens is 2. The maximum Gasteiger partial charge on any atom is 0.214 e. The Hall–Kier alpha value is -0.330. The van der Waals surface area contributed by atoms with Gasteiger partial charge in [-0.3, -0.25) is 0 Å². The highest BCUT2D eigenvalue weighted by molar-refractivity contribution is 7.89. The van der Waals surface area contributed by atoms with Crippen LogP contribution in [0.3, 0.4) is 0 Å². The molecule has 0 saturated heterocycles. The van der Waals surface area contributed by atoms with E-state index in [1.54, 1.807) is 18.2 Å². The summed E-state index contributed by atoms with van der Waals surface area (Å²) in [6.07, 6.45) is 0. The number of hydrogen-bond donors (Lipinski definition) is 1. The summed E-state index contributed by atoms with van der Waals surface area (Å²) in [5.41, 5.74) is 0.781. The molecule has 0 aliphatic heterocycles. The summed E-state index contributed by atoms with van der Waals surface area (Å²) in [5.74, 6) is 0.0437. The van der Waals surface area contributed by atoms with E-state index in [0.717, 1.165) is 5.56 Å². The Morgan fingerprint density at radius 2 is 1.78 bits per heavy atom. The molecule has 1 rings (SSSR count). The average molecular weight is 311 g/mol. The van der Waals surface area contributed by atoms with Gasteiger partial charge in [0.25, 0.3) is 0 Å². The lowest BCUT2D eigenvalue weighted by molar-refractivity contribution is 0.517. The zero-order valence-corrected chi connectivity index (χ0v) is 12.6. The molecular weight excluding hydrogens is 295 g/mol. The highest BCUT2D eigenvalue weighted by Crippen LogP contribution is 2.23. The number of rotatable bonds is 6. The van der Waals surface area contributed by atoms with Crippen molar-refractivity contribution >= 4 is 33.2 Å². The summed E-state index contributed by atoms with van der Waals surface area (Å²) in [6.45, 7) is 0.795. The number of hydrogen-bond acceptors (Lipinski definition) is 3. The average Bonchev–Trinajstić information content (AvgIpc) is 2.27. The van der Waals surface area contributed by atoms with Gasteiger partial charge >= 0.3 is 0 Å². The second-order valence-corrected chi connectivity index (χ2v) is 7.09. The van der Waals surface area contributed by atoms with Gasteiger partial charge in [0.15, 0.2) is 0 Å². The Kier molecular flexibility index (Phi) is 5.88. The molecule has 1 N–H and O–H groups in total. The van der Waals surface area contributed by atoms with Gasteiger partial charge in [-0.05, 0) is 12.1 Å². The standard InChI is InChI=1S/C11H16Cl2N2O2S/c1-15(2)18(16,17)7-6-14-8-9-10(12)4-3-5-11(9)13/h3-5,14H,6-8H2,1-2H3. The maximum absolute atomic E-state index is 11.5. The van der Waals surface area contributed by atoms with Crippen LogP contribution >= 0.6 is 23.2 Å². The zero-order valence-electron chi connectivity index (χ0n) is 10.3. The summed E-state index contributed by atoms with van der Waals surface area (Å²) in [7, 11) is -0.140. The molecule has 7 heteroatoms. The van der Waals surface area contributed by atoms with E-state index in [-0.39, 0.29) is 5.75 Å². The minimum Gasteiger partial charge on any atom is -0.312 e. The van der Waals surface area contributed by atoms with Gasteiger partial charge in [0.1, 0.15) is 0 Å². The Morgan fingerprint density at radius 1 is 1.22 bits per heavy atom. The highest BCUT2D eigenvalue weighted by atomic mass is 35.5. The Labute approximate surface area is 118 Å². The van der Waals surface area contributed by atoms with E-state index in [1.165, 1.54) is 18.4 Å². The quantitative estimate of drug-likeness (QED) is 0.817. The molecule has 0 heterocycles. The molecule has 18 heavy (non-hydrogen) atoms. The predicted molar refractivity (Wildman–Crippen MR) is 75.6 cm³/mol. The van der Waals surface area contributed by atoms with Crippen LogP contribution in [0, 0.1) is 0 Å². The lowest BCUT2D eigenvalue weighted by Crippen LogP contribution is -2.31. The van der Waals surface area contributed by atoms with E-state index >= 15 is 0 Å². The Balaban J connectivity index is 2.49. The molecule has 0 atom stereocenters. The number of benzene rings is 1. The number of nitrogens with one attached hydrogen (secondary N) is 1. The fourth-order valence-electron chi connectivity index (χ4n) is 1.30. The van der Waals surface area contributed by atoms with Gasteiger partial charge in [0.05, 0.1) is 5.75 Å². The number of sulfonamides is 1. The smallest absolute Gasteiger partial charge is 0.214 e. The highest BCUT2D eigenvalue weighted by Gasteiger charge is 2.12. The third kappa shape index (κ3) is 4.40. The van der Waals surface area contributed by atoms with Gasteiger partial charge in [-0.1, -0.05) is 29.3 Å². The van der Waals surface area contributed by atoms with Crippen LogP contribution in [0.4, 0.5) is 0 Å². The van der Waals surface area contributed by atoms with Crippen molar-refractivity contribution in [2.45, 2.75) is 6.54 Å². The molecule has 0 radical (unpaired) electrons. The van der Waals surface area contributed by atoms with Crippen molar-refractivity contribution in [1.29, 1.82) is 0 Å². The van der Waals surface area contributed by atoms with Crippen molar-refractivity contribution in [3.63, 3.8) is 0 Å². The van der Waals surface area contributed by atoms with E-state index < -0.39 is 10.0 Å². The fraction of sp³-hybridized carbons (Fsp3) is 0.455. The van der Waals surface area contributed by atoms with Crippen molar-refractivity contribution < 1.29 is 8.42 Å². The van der Waals surface area contributed by atoms with Crippen LogP contribution in [0.5, 0.6) is 0 Å². The first-order valence-corrected chi connectivity index (χ1v) is 7.75. The van der Waals surface area contributed by atoms with Crippen LogP contribution in [0.2, 0.25) is 10.0 Å². The van der Waals surface area contributed by atoms with E-state index in [2.05, 4.69) is 5.32 Å². The van der Waals surface area contributed by atoms with E-state index in [4.69, 9.17) is 23.2 Å². The van der Waals surface area contributed by atoms with Crippen molar-refractivity contribution in [3.8, 4) is 0 Å². The molecule has 0 bridgehead atoms. The first kappa shape index (κ1) is 15.7. The van der Waals surface area contributed by atoms with Crippen molar-refractivity contribution in [3.05, 3.63) is 33.8 Å². The van der Waals surface area contributed by atoms with Gasteiger partial charge in [-0.25, -0.2) is 12.7 Å². The van der Waals surface area contributed by atoms with Gasteiger partial charge in [-0.2, -0.15) is 0 Å². The normalized spacial score (nSPS) is 12.1. The molecule has 0 aliphatic rings. The minimum absolute atomic E-state index is 0.0437. The molecule has 1 aromatic rings. The van der Waals surface area contributed by atoms with E-state index in [9.17, 15) is 8.42 Å². The summed E-state index contributed by atoms with van der Waals surface area (Å²) in [5, 5.41) is 4.17. The predicted octanol–water partition coefficient (Wildman–Crippen LogP) is 1.97. The lowest BCUT2D eigenvalue weighted by Gasteiger charge is -2.12. The first-order chi connectivity index (χ1) is 8.34. The summed E-state index contributed by atoms with van der Waals surface area (Å²) >= 11 is 12.0. The third-order valence-electron chi connectivity index (χ3n) is 2.46. The molecule has 0 unspecified atom stereocenters. The number of nitrogens with zero attached hydrogens (tertiary/aromatic N) is 1. The lowest BCUT2D eigenvalue weighted by atomic mass is 10.2. The third-order valence-corrected chi connectivity index (χ3v) is 5.00. The topological polar surface area (TPSA) is 49.4 Å². The van der Waals surface area contributed by atoms with Crippen LogP contribution in [-0.4, -0.2) is 39.1 Å². The molecular formula is C11H16Cl2N2O2S. The van der Waals surface area contributed by atoms with Crippen LogP contribution in [0.25, 0.3) is 0 Å². The minimum atomic E-state index is -3.17. The van der Waals surface area contributed by atoms with Gasteiger partial charge < -0.3 is 5.32 Å². The zero-order chi connectivity index (χ0) is 13.8. The van der Waals surface area contributed by atoms with Gasteiger partial charge in [0.2, 0.25) is 10.0 Å². The SMILES string of the molecule is CN(C)S(=O)(=O)CCNCc1c(Cl)cccc1Cl. The first-order valence-electron chi connectivity index (χ1n) is 5.38. The molecule has 0 aromatic heterocycles. The fourth-order valence-corrected chi connectivity index (χ4v) is 2.60. The summed E-state index contributed by atoms with van der Waals surface area (Å²) < 4.78 is 24.2. The van der Waals surface area contributed by atoms with Crippen LogP contribution in [0.15, 0.2) is 18.2 Å². The molecule has 4 nitrogen and oxygen atoms in total. The van der Waals surface area contributed by atoms with E-state index in [0.29, 0.717) is 23.1 Å². The molecule has 0 spiro atoms. The molecule has 102 valence electrons. The maximum atomic E-state index is 11.5. The monoisotopic (exact) mass is 310 g/mol.